The van der Waals surface area contributed by atoms with E-state index in [0.29, 0.717) is 17.7 Å². The van der Waals surface area contributed by atoms with Gasteiger partial charge in [-0.2, -0.15) is 17.9 Å². The molecule has 0 spiro atoms. The maximum absolute atomic E-state index is 13.1. The Balaban J connectivity index is 1.74. The van der Waals surface area contributed by atoms with E-state index in [1.165, 1.54) is 24.3 Å². The number of nitrogens with one attached hydrogen (secondary N) is 2. The van der Waals surface area contributed by atoms with Gasteiger partial charge in [0.05, 0.1) is 16.5 Å². The predicted molar refractivity (Wildman–Crippen MR) is 112 cm³/mol. The summed E-state index contributed by atoms with van der Waals surface area (Å²) >= 11 is 0. The van der Waals surface area contributed by atoms with Crippen molar-refractivity contribution in [2.45, 2.75) is 36.9 Å². The third kappa shape index (κ3) is 4.60. The Hall–Kier alpha value is -2.84. The summed E-state index contributed by atoms with van der Waals surface area (Å²) in [6, 6.07) is 12.0. The quantitative estimate of drug-likeness (QED) is 0.538. The van der Waals surface area contributed by atoms with Crippen molar-refractivity contribution >= 4 is 10.0 Å². The molecule has 4 nitrogen and oxygen atoms in total. The van der Waals surface area contributed by atoms with Crippen molar-refractivity contribution in [1.82, 2.24) is 9.71 Å². The smallest absolute Gasteiger partial charge is 0.360 e. The Kier molecular flexibility index (Phi) is 5.53. The molecule has 1 heterocycles. The number of halogens is 3. The van der Waals surface area contributed by atoms with Crippen LogP contribution in [0.15, 0.2) is 71.6 Å². The molecule has 0 radical (unpaired) electrons. The van der Waals surface area contributed by atoms with Crippen LogP contribution in [-0.4, -0.2) is 13.4 Å². The summed E-state index contributed by atoms with van der Waals surface area (Å²) in [4.78, 5) is 3.35. The van der Waals surface area contributed by atoms with E-state index in [4.69, 9.17) is 0 Å². The van der Waals surface area contributed by atoms with E-state index >= 15 is 0 Å². The van der Waals surface area contributed by atoms with Crippen molar-refractivity contribution in [3.63, 3.8) is 0 Å². The first-order valence-corrected chi connectivity index (χ1v) is 11.2. The highest BCUT2D eigenvalue weighted by molar-refractivity contribution is 7.89. The molecule has 1 unspecified atom stereocenters. The minimum absolute atomic E-state index is 0.0907. The van der Waals surface area contributed by atoms with Crippen molar-refractivity contribution in [3.05, 3.63) is 100 Å². The van der Waals surface area contributed by atoms with Crippen LogP contribution in [-0.2, 0) is 29.0 Å². The number of benzene rings is 2. The SMILES string of the molecule is Cc1ccc(S(=O)(=O)NC(c2ccc(C(F)(F)F)cc2)c2cc3c([nH]2)CC=CC3)cc1. The number of hydrogen-bond donors (Lipinski definition) is 2. The second-order valence-electron chi connectivity index (χ2n) is 7.60. The van der Waals surface area contributed by atoms with E-state index in [0.717, 1.165) is 35.4 Å². The van der Waals surface area contributed by atoms with E-state index in [1.807, 2.05) is 25.1 Å². The first-order valence-electron chi connectivity index (χ1n) is 9.75. The largest absolute Gasteiger partial charge is 0.416 e. The number of aryl methyl sites for hydroxylation is 1. The monoisotopic (exact) mass is 446 g/mol. The zero-order valence-corrected chi connectivity index (χ0v) is 17.5. The van der Waals surface area contributed by atoms with Crippen molar-refractivity contribution < 1.29 is 21.6 Å². The number of rotatable bonds is 5. The van der Waals surface area contributed by atoms with Gasteiger partial charge in [-0.1, -0.05) is 42.0 Å². The van der Waals surface area contributed by atoms with Gasteiger partial charge in [0.25, 0.3) is 0 Å². The number of alkyl halides is 3. The van der Waals surface area contributed by atoms with Gasteiger partial charge in [0.15, 0.2) is 0 Å². The van der Waals surface area contributed by atoms with Gasteiger partial charge in [-0.3, -0.25) is 0 Å². The average Bonchev–Trinajstić information content (AvgIpc) is 3.16. The summed E-state index contributed by atoms with van der Waals surface area (Å²) in [5.41, 5.74) is 3.15. The minimum atomic E-state index is -4.47. The van der Waals surface area contributed by atoms with E-state index in [9.17, 15) is 21.6 Å². The van der Waals surface area contributed by atoms with Gasteiger partial charge < -0.3 is 4.98 Å². The van der Waals surface area contributed by atoms with Crippen molar-refractivity contribution in [3.8, 4) is 0 Å². The predicted octanol–water partition coefficient (Wildman–Crippen LogP) is 5.06. The van der Waals surface area contributed by atoms with Crippen LogP contribution in [0.5, 0.6) is 0 Å². The van der Waals surface area contributed by atoms with Crippen molar-refractivity contribution in [2.24, 2.45) is 0 Å². The van der Waals surface area contributed by atoms with Gasteiger partial charge in [0, 0.05) is 17.8 Å². The summed E-state index contributed by atoms with van der Waals surface area (Å²) < 4.78 is 67.8. The number of fused-ring (bicyclic) bond motifs is 1. The molecule has 2 aromatic carbocycles. The molecule has 0 saturated carbocycles. The van der Waals surface area contributed by atoms with Crippen molar-refractivity contribution in [1.29, 1.82) is 0 Å². The second kappa shape index (κ2) is 8.01. The molecule has 0 saturated heterocycles. The normalized spacial score (nSPS) is 15.0. The molecule has 1 aliphatic rings. The fourth-order valence-corrected chi connectivity index (χ4v) is 4.82. The van der Waals surface area contributed by atoms with Crippen LogP contribution >= 0.6 is 0 Å². The number of H-pyrrole nitrogens is 1. The van der Waals surface area contributed by atoms with E-state index in [-0.39, 0.29) is 4.90 Å². The van der Waals surface area contributed by atoms with Gasteiger partial charge in [-0.05, 0) is 54.8 Å². The molecule has 8 heteroatoms. The Bertz CT molecular complexity index is 1180. The highest BCUT2D eigenvalue weighted by Gasteiger charge is 2.31. The van der Waals surface area contributed by atoms with Gasteiger partial charge in [0.2, 0.25) is 10.0 Å². The van der Waals surface area contributed by atoms with E-state index in [2.05, 4.69) is 9.71 Å². The maximum atomic E-state index is 13.1. The highest BCUT2D eigenvalue weighted by atomic mass is 32.2. The molecule has 4 rings (SSSR count). The lowest BCUT2D eigenvalue weighted by atomic mass is 10.0. The van der Waals surface area contributed by atoms with Gasteiger partial charge >= 0.3 is 6.18 Å². The zero-order valence-electron chi connectivity index (χ0n) is 16.7. The maximum Gasteiger partial charge on any atom is 0.416 e. The van der Waals surface area contributed by atoms with Gasteiger partial charge in [0.1, 0.15) is 0 Å². The Morgan fingerprint density at radius 3 is 2.23 bits per heavy atom. The zero-order chi connectivity index (χ0) is 22.2. The summed E-state index contributed by atoms with van der Waals surface area (Å²) in [5, 5.41) is 0. The summed E-state index contributed by atoms with van der Waals surface area (Å²) in [6.45, 7) is 1.85. The number of sulfonamides is 1. The topological polar surface area (TPSA) is 62.0 Å². The number of aromatic nitrogens is 1. The Morgan fingerprint density at radius 1 is 0.968 bits per heavy atom. The molecule has 1 aromatic heterocycles. The first kappa shape index (κ1) is 21.4. The first-order chi connectivity index (χ1) is 14.6. The molecule has 0 aliphatic heterocycles. The molecular formula is C23H21F3N2O2S. The van der Waals surface area contributed by atoms with Crippen LogP contribution < -0.4 is 4.72 Å². The molecule has 0 amide bonds. The fraction of sp³-hybridized carbons (Fsp3) is 0.217. The molecule has 3 aromatic rings. The highest BCUT2D eigenvalue weighted by Crippen LogP contribution is 2.32. The van der Waals surface area contributed by atoms with Crippen molar-refractivity contribution in [2.75, 3.05) is 0 Å². The molecular weight excluding hydrogens is 425 g/mol. The summed E-state index contributed by atoms with van der Waals surface area (Å²) in [5.74, 6) is 0. The Morgan fingerprint density at radius 2 is 1.61 bits per heavy atom. The number of aromatic amines is 1. The van der Waals surface area contributed by atoms with Crippen LogP contribution in [0.25, 0.3) is 0 Å². The third-order valence-corrected chi connectivity index (χ3v) is 6.76. The summed E-state index contributed by atoms with van der Waals surface area (Å²) in [6.07, 6.45) is 0.998. The molecule has 31 heavy (non-hydrogen) atoms. The lowest BCUT2D eigenvalue weighted by molar-refractivity contribution is -0.137. The lowest BCUT2D eigenvalue weighted by Crippen LogP contribution is -2.30. The van der Waals surface area contributed by atoms with Crippen LogP contribution in [0.1, 0.15) is 39.7 Å². The van der Waals surface area contributed by atoms with Crippen LogP contribution in [0.2, 0.25) is 0 Å². The van der Waals surface area contributed by atoms with Crippen LogP contribution in [0.3, 0.4) is 0 Å². The van der Waals surface area contributed by atoms with E-state index < -0.39 is 27.8 Å². The molecule has 1 atom stereocenters. The third-order valence-electron chi connectivity index (χ3n) is 5.33. The average molecular weight is 446 g/mol. The van der Waals surface area contributed by atoms with Crippen LogP contribution in [0.4, 0.5) is 13.2 Å². The molecule has 0 fully saturated rings. The lowest BCUT2D eigenvalue weighted by Gasteiger charge is -2.19. The minimum Gasteiger partial charge on any atom is -0.360 e. The number of allylic oxidation sites excluding steroid dienone is 2. The molecule has 1 aliphatic carbocycles. The van der Waals surface area contributed by atoms with Gasteiger partial charge in [-0.15, -0.1) is 0 Å². The molecule has 2 N–H and O–H groups in total. The Labute approximate surface area is 178 Å². The fourth-order valence-electron chi connectivity index (χ4n) is 3.61. The standard InChI is InChI=1S/C23H21F3N2O2S/c1-15-6-12-19(13-7-15)31(29,30)28-22(16-8-10-18(11-9-16)23(24,25)26)21-14-17-4-2-3-5-20(17)27-21/h2-3,6-14,22,27-28H,4-5H2,1H3. The molecule has 162 valence electrons. The van der Waals surface area contributed by atoms with Gasteiger partial charge in [-0.25, -0.2) is 8.42 Å². The second-order valence-corrected chi connectivity index (χ2v) is 9.31. The van der Waals surface area contributed by atoms with Crippen LogP contribution in [0, 0.1) is 6.92 Å². The van der Waals surface area contributed by atoms with E-state index in [1.54, 1.807) is 12.1 Å². The molecule has 0 bridgehead atoms. The number of hydrogen-bond acceptors (Lipinski definition) is 2. The summed E-state index contributed by atoms with van der Waals surface area (Å²) in [7, 11) is -3.92.